The zero-order chi connectivity index (χ0) is 16.2. The fourth-order valence-electron chi connectivity index (χ4n) is 4.11. The minimum absolute atomic E-state index is 0. The molecule has 1 aliphatic heterocycles. The summed E-state index contributed by atoms with van der Waals surface area (Å²) >= 11 is 6.26. The number of ether oxygens (including phenoxy) is 1. The van der Waals surface area contributed by atoms with Gasteiger partial charge in [-0.25, -0.2) is 0 Å². The lowest BCUT2D eigenvalue weighted by molar-refractivity contribution is 0.103. The van der Waals surface area contributed by atoms with Crippen LogP contribution in [0.5, 0.6) is 11.5 Å². The lowest BCUT2D eigenvalue weighted by atomic mass is 9.80. The summed E-state index contributed by atoms with van der Waals surface area (Å²) in [6.45, 7) is 4.18. The number of halogens is 3. The van der Waals surface area contributed by atoms with Gasteiger partial charge in [-0.05, 0) is 36.5 Å². The van der Waals surface area contributed by atoms with Gasteiger partial charge in [-0.3, -0.25) is 4.90 Å². The van der Waals surface area contributed by atoms with Crippen LogP contribution in [0.3, 0.4) is 0 Å². The van der Waals surface area contributed by atoms with Crippen molar-refractivity contribution in [1.29, 1.82) is 0 Å². The van der Waals surface area contributed by atoms with Crippen LogP contribution < -0.4 is 10.1 Å². The Morgan fingerprint density at radius 1 is 1.16 bits per heavy atom. The van der Waals surface area contributed by atoms with Gasteiger partial charge in [-0.1, -0.05) is 30.9 Å². The van der Waals surface area contributed by atoms with Crippen LogP contribution in [0, 0.1) is 5.92 Å². The summed E-state index contributed by atoms with van der Waals surface area (Å²) < 4.78 is 5.33. The quantitative estimate of drug-likeness (QED) is 0.769. The third-order valence-corrected chi connectivity index (χ3v) is 5.54. The molecule has 0 radical (unpaired) electrons. The highest BCUT2D eigenvalue weighted by molar-refractivity contribution is 6.32. The summed E-state index contributed by atoms with van der Waals surface area (Å²) in [6, 6.07) is 4.27. The molecule has 25 heavy (non-hydrogen) atoms. The lowest BCUT2D eigenvalue weighted by Gasteiger charge is -2.41. The second-order valence-electron chi connectivity index (χ2n) is 6.68. The molecule has 2 N–H and O–H groups in total. The number of nitrogens with zero attached hydrogens (tertiary/aromatic N) is 1. The highest BCUT2D eigenvalue weighted by Gasteiger charge is 2.32. The number of phenolic OH excluding ortho intramolecular Hbond substituents is 1. The average molecular weight is 412 g/mol. The first kappa shape index (κ1) is 22.7. The molecule has 1 saturated heterocycles. The number of hydrogen-bond acceptors (Lipinski definition) is 4. The molecule has 1 heterocycles. The minimum atomic E-state index is 0. The largest absolute Gasteiger partial charge is 0.503 e. The van der Waals surface area contributed by atoms with Gasteiger partial charge in [0.05, 0.1) is 12.1 Å². The SMILES string of the molecule is COc1cc([C@@H](C2CCCCC2)N2CCNCC2)cc(Cl)c1O.Cl.Cl. The maximum atomic E-state index is 10.0. The summed E-state index contributed by atoms with van der Waals surface area (Å²) in [4.78, 5) is 2.58. The molecular formula is C18H29Cl3N2O2. The van der Waals surface area contributed by atoms with Crippen LogP contribution in [0.25, 0.3) is 0 Å². The van der Waals surface area contributed by atoms with Crippen molar-refractivity contribution in [2.45, 2.75) is 38.1 Å². The van der Waals surface area contributed by atoms with Gasteiger partial charge in [-0.2, -0.15) is 0 Å². The standard InChI is InChI=1S/C18H27ClN2O2.2ClH/c1-23-16-12-14(11-15(19)18(16)22)17(13-5-3-2-4-6-13)21-9-7-20-8-10-21;;/h11-13,17,20,22H,2-10H2,1H3;2*1H/t17-;;/m1../s1. The number of rotatable bonds is 4. The minimum Gasteiger partial charge on any atom is -0.503 e. The average Bonchev–Trinajstić information content (AvgIpc) is 2.60. The molecule has 7 heteroatoms. The van der Waals surface area contributed by atoms with Gasteiger partial charge < -0.3 is 15.2 Å². The molecule has 1 aromatic carbocycles. The molecule has 1 saturated carbocycles. The van der Waals surface area contributed by atoms with E-state index in [1.54, 1.807) is 7.11 Å². The Morgan fingerprint density at radius 2 is 1.80 bits per heavy atom. The predicted octanol–water partition coefficient (Wildman–Crippen LogP) is 4.42. The summed E-state index contributed by atoms with van der Waals surface area (Å²) in [7, 11) is 1.58. The summed E-state index contributed by atoms with van der Waals surface area (Å²) in [5.41, 5.74) is 1.18. The van der Waals surface area contributed by atoms with Crippen LogP contribution in [0.1, 0.15) is 43.7 Å². The van der Waals surface area contributed by atoms with Crippen molar-refractivity contribution in [3.05, 3.63) is 22.7 Å². The third-order valence-electron chi connectivity index (χ3n) is 5.25. The van der Waals surface area contributed by atoms with Gasteiger partial charge in [0.15, 0.2) is 11.5 Å². The number of benzene rings is 1. The van der Waals surface area contributed by atoms with Gasteiger partial charge in [0.25, 0.3) is 0 Å². The van der Waals surface area contributed by atoms with Crippen LogP contribution in [0.4, 0.5) is 0 Å². The fraction of sp³-hybridized carbons (Fsp3) is 0.667. The Labute approximate surface area is 168 Å². The lowest BCUT2D eigenvalue weighted by Crippen LogP contribution is -2.47. The number of methoxy groups -OCH3 is 1. The smallest absolute Gasteiger partial charge is 0.176 e. The van der Waals surface area contributed by atoms with E-state index in [1.807, 2.05) is 12.1 Å². The number of piperazine rings is 1. The van der Waals surface area contributed by atoms with E-state index in [0.717, 1.165) is 26.2 Å². The molecule has 2 fully saturated rings. The number of aromatic hydroxyl groups is 1. The third kappa shape index (κ3) is 5.30. The monoisotopic (exact) mass is 410 g/mol. The highest BCUT2D eigenvalue weighted by Crippen LogP contribution is 2.43. The Hall–Kier alpha value is -0.390. The van der Waals surface area contributed by atoms with Gasteiger partial charge in [0.1, 0.15) is 0 Å². The molecule has 144 valence electrons. The zero-order valence-corrected chi connectivity index (χ0v) is 17.1. The van der Waals surface area contributed by atoms with Crippen LogP contribution in [0.2, 0.25) is 5.02 Å². The van der Waals surface area contributed by atoms with Crippen LogP contribution in [0.15, 0.2) is 12.1 Å². The molecule has 0 bridgehead atoms. The summed E-state index contributed by atoms with van der Waals surface area (Å²) in [6.07, 6.45) is 6.53. The normalized spacial score (nSPS) is 20.2. The van der Waals surface area contributed by atoms with Gasteiger partial charge in [-0.15, -0.1) is 24.8 Å². The van der Waals surface area contributed by atoms with Crippen molar-refractivity contribution in [1.82, 2.24) is 10.2 Å². The van der Waals surface area contributed by atoms with Crippen LogP contribution in [-0.2, 0) is 0 Å². The molecular weight excluding hydrogens is 383 g/mol. The molecule has 1 aromatic rings. The second-order valence-corrected chi connectivity index (χ2v) is 7.09. The van der Waals surface area contributed by atoms with E-state index < -0.39 is 0 Å². The zero-order valence-electron chi connectivity index (χ0n) is 14.7. The molecule has 3 rings (SSSR count). The molecule has 2 aliphatic rings. The van der Waals surface area contributed by atoms with Crippen molar-refractivity contribution in [2.75, 3.05) is 33.3 Å². The molecule has 0 unspecified atom stereocenters. The van der Waals surface area contributed by atoms with Gasteiger partial charge in [0.2, 0.25) is 0 Å². The topological polar surface area (TPSA) is 44.7 Å². The van der Waals surface area contributed by atoms with Crippen molar-refractivity contribution >= 4 is 36.4 Å². The first-order valence-electron chi connectivity index (χ1n) is 8.72. The van der Waals surface area contributed by atoms with E-state index in [4.69, 9.17) is 16.3 Å². The van der Waals surface area contributed by atoms with Crippen LogP contribution in [-0.4, -0.2) is 43.3 Å². The Balaban J connectivity index is 0.00000156. The number of hydrogen-bond donors (Lipinski definition) is 2. The van der Waals surface area contributed by atoms with E-state index in [2.05, 4.69) is 10.2 Å². The van der Waals surface area contributed by atoms with E-state index in [-0.39, 0.29) is 30.6 Å². The second kappa shape index (κ2) is 10.7. The highest BCUT2D eigenvalue weighted by atomic mass is 35.5. The summed E-state index contributed by atoms with van der Waals surface area (Å²) in [5.74, 6) is 1.18. The maximum Gasteiger partial charge on any atom is 0.176 e. The first-order valence-corrected chi connectivity index (χ1v) is 9.09. The Kier molecular flexibility index (Phi) is 9.68. The van der Waals surface area contributed by atoms with E-state index in [9.17, 15) is 5.11 Å². The van der Waals surface area contributed by atoms with E-state index >= 15 is 0 Å². The fourth-order valence-corrected chi connectivity index (χ4v) is 4.33. The predicted molar refractivity (Wildman–Crippen MR) is 108 cm³/mol. The van der Waals surface area contributed by atoms with Crippen molar-refractivity contribution < 1.29 is 9.84 Å². The Bertz CT molecular complexity index is 515. The number of nitrogens with one attached hydrogen (secondary N) is 1. The molecule has 0 amide bonds. The Morgan fingerprint density at radius 3 is 2.40 bits per heavy atom. The van der Waals surface area contributed by atoms with Gasteiger partial charge >= 0.3 is 0 Å². The van der Waals surface area contributed by atoms with Crippen molar-refractivity contribution in [3.8, 4) is 11.5 Å². The molecule has 1 aliphatic carbocycles. The number of phenols is 1. The van der Waals surface area contributed by atoms with E-state index in [0.29, 0.717) is 22.7 Å². The summed E-state index contributed by atoms with van der Waals surface area (Å²) in [5, 5.41) is 13.9. The molecule has 4 nitrogen and oxygen atoms in total. The van der Waals surface area contributed by atoms with Crippen molar-refractivity contribution in [2.24, 2.45) is 5.92 Å². The molecule has 0 aromatic heterocycles. The molecule has 0 spiro atoms. The van der Waals surface area contributed by atoms with Crippen LogP contribution >= 0.6 is 36.4 Å². The first-order chi connectivity index (χ1) is 11.2. The van der Waals surface area contributed by atoms with Gasteiger partial charge in [0, 0.05) is 32.2 Å². The van der Waals surface area contributed by atoms with Crippen molar-refractivity contribution in [3.63, 3.8) is 0 Å². The maximum absolute atomic E-state index is 10.0. The molecule has 1 atom stereocenters. The van der Waals surface area contributed by atoms with E-state index in [1.165, 1.54) is 37.7 Å².